The summed E-state index contributed by atoms with van der Waals surface area (Å²) in [6.45, 7) is 4.69. The van der Waals surface area contributed by atoms with Gasteiger partial charge >= 0.3 is 11.9 Å². The van der Waals surface area contributed by atoms with Crippen LogP contribution in [0, 0.1) is 13.8 Å². The SMILES string of the molecule is CC(=O)OC1C(O)OC(COS(=O)(=O)c2ccc(C)cc2)C(OS(=O)(=O)c2ccc(C)cc2)C1OC(C)=O. The third kappa shape index (κ3) is 7.36. The monoisotopic (exact) mass is 572 g/mol. The van der Waals surface area contributed by atoms with Gasteiger partial charge in [0.25, 0.3) is 20.2 Å². The van der Waals surface area contributed by atoms with Gasteiger partial charge in [0, 0.05) is 13.8 Å². The van der Waals surface area contributed by atoms with Crippen molar-refractivity contribution >= 4 is 32.2 Å². The van der Waals surface area contributed by atoms with Crippen molar-refractivity contribution in [1.29, 1.82) is 0 Å². The zero-order valence-corrected chi connectivity index (χ0v) is 22.6. The highest BCUT2D eigenvalue weighted by Crippen LogP contribution is 2.31. The summed E-state index contributed by atoms with van der Waals surface area (Å²) in [5.74, 6) is -1.82. The standard InChI is InChI=1S/C24H28O12S2/c1-14-5-9-18(10-6-14)37(28,29)32-13-20-21(36-38(30,31)19-11-7-15(2)8-12-19)22(33-16(3)25)23(24(27)35-20)34-17(4)26/h5-12,20-24,27H,13H2,1-4H3. The first-order valence-corrected chi connectivity index (χ1v) is 14.2. The third-order valence-corrected chi connectivity index (χ3v) is 8.08. The number of rotatable bonds is 9. The van der Waals surface area contributed by atoms with Crippen LogP contribution in [0.25, 0.3) is 0 Å². The van der Waals surface area contributed by atoms with E-state index in [9.17, 15) is 31.5 Å². The molecule has 0 radical (unpaired) electrons. The van der Waals surface area contributed by atoms with E-state index in [-0.39, 0.29) is 9.79 Å². The molecule has 1 fully saturated rings. The molecule has 0 aromatic heterocycles. The highest BCUT2D eigenvalue weighted by Gasteiger charge is 2.52. The van der Waals surface area contributed by atoms with Crippen molar-refractivity contribution < 1.29 is 54.1 Å². The predicted octanol–water partition coefficient (Wildman–Crippen LogP) is 1.36. The van der Waals surface area contributed by atoms with Crippen LogP contribution in [0.15, 0.2) is 58.3 Å². The molecule has 14 heteroatoms. The van der Waals surface area contributed by atoms with Gasteiger partial charge in [-0.05, 0) is 38.1 Å². The van der Waals surface area contributed by atoms with E-state index < -0.39 is 69.5 Å². The number of aryl methyl sites for hydroxylation is 2. The third-order valence-electron chi connectivity index (χ3n) is 5.46. The molecule has 1 N–H and O–H groups in total. The zero-order valence-electron chi connectivity index (χ0n) is 21.0. The number of aliphatic hydroxyl groups excluding tert-OH is 1. The van der Waals surface area contributed by atoms with Crippen LogP contribution in [0.2, 0.25) is 0 Å². The minimum absolute atomic E-state index is 0.182. The van der Waals surface area contributed by atoms with Crippen molar-refractivity contribution in [3.63, 3.8) is 0 Å². The summed E-state index contributed by atoms with van der Waals surface area (Å²) in [7, 11) is -8.91. The fourth-order valence-electron chi connectivity index (χ4n) is 3.62. The maximum absolute atomic E-state index is 13.1. The Balaban J connectivity index is 1.98. The molecule has 1 heterocycles. The minimum Gasteiger partial charge on any atom is -0.455 e. The van der Waals surface area contributed by atoms with E-state index in [4.69, 9.17) is 22.6 Å². The molecule has 0 aliphatic carbocycles. The second kappa shape index (κ2) is 11.9. The zero-order chi connectivity index (χ0) is 28.3. The highest BCUT2D eigenvalue weighted by atomic mass is 32.2. The number of benzene rings is 2. The Morgan fingerprint density at radius 2 is 1.21 bits per heavy atom. The maximum Gasteiger partial charge on any atom is 0.303 e. The summed E-state index contributed by atoms with van der Waals surface area (Å²) in [5, 5.41) is 10.5. The number of hydrogen-bond donors (Lipinski definition) is 1. The number of carbonyl (C=O) groups excluding carboxylic acids is 2. The number of hydrogen-bond acceptors (Lipinski definition) is 12. The van der Waals surface area contributed by atoms with Gasteiger partial charge in [0.1, 0.15) is 12.2 Å². The molecule has 1 aliphatic heterocycles. The topological polar surface area (TPSA) is 169 Å². The molecule has 2 aromatic rings. The van der Waals surface area contributed by atoms with Crippen LogP contribution in [0.3, 0.4) is 0 Å². The molecule has 1 aliphatic rings. The second-order valence-electron chi connectivity index (χ2n) is 8.59. The van der Waals surface area contributed by atoms with Gasteiger partial charge in [0.2, 0.25) is 0 Å². The Bertz CT molecular complexity index is 1350. The van der Waals surface area contributed by atoms with E-state index in [0.29, 0.717) is 0 Å². The van der Waals surface area contributed by atoms with Gasteiger partial charge in [0.05, 0.1) is 16.4 Å². The Morgan fingerprint density at radius 3 is 1.68 bits per heavy atom. The fraction of sp³-hybridized carbons (Fsp3) is 0.417. The first-order chi connectivity index (χ1) is 17.7. The first-order valence-electron chi connectivity index (χ1n) is 11.3. The van der Waals surface area contributed by atoms with Crippen molar-refractivity contribution in [3.8, 4) is 0 Å². The molecule has 5 unspecified atom stereocenters. The Labute approximate surface area is 220 Å². The lowest BCUT2D eigenvalue weighted by Gasteiger charge is -2.42. The molecule has 0 amide bonds. The van der Waals surface area contributed by atoms with Crippen molar-refractivity contribution in [1.82, 2.24) is 0 Å². The molecule has 208 valence electrons. The summed E-state index contributed by atoms with van der Waals surface area (Å²) in [6.07, 6.45) is -8.75. The Kier molecular flexibility index (Phi) is 9.28. The molecular weight excluding hydrogens is 544 g/mol. The van der Waals surface area contributed by atoms with Crippen LogP contribution in [0.1, 0.15) is 25.0 Å². The molecule has 3 rings (SSSR count). The minimum atomic E-state index is -4.56. The Hall–Kier alpha value is -2.88. The van der Waals surface area contributed by atoms with Gasteiger partial charge in [-0.1, -0.05) is 35.4 Å². The highest BCUT2D eigenvalue weighted by molar-refractivity contribution is 7.87. The first kappa shape index (κ1) is 29.7. The number of carbonyl (C=O) groups is 2. The molecule has 0 spiro atoms. The van der Waals surface area contributed by atoms with E-state index in [2.05, 4.69) is 0 Å². The summed E-state index contributed by atoms with van der Waals surface area (Å²) in [6, 6.07) is 11.3. The van der Waals surface area contributed by atoms with Gasteiger partial charge in [-0.3, -0.25) is 18.0 Å². The Morgan fingerprint density at radius 1 is 0.763 bits per heavy atom. The largest absolute Gasteiger partial charge is 0.455 e. The summed E-state index contributed by atoms with van der Waals surface area (Å²) < 4.78 is 77.7. The van der Waals surface area contributed by atoms with E-state index >= 15 is 0 Å². The molecule has 12 nitrogen and oxygen atoms in total. The average molecular weight is 573 g/mol. The van der Waals surface area contributed by atoms with Gasteiger partial charge in [-0.2, -0.15) is 16.8 Å². The molecular formula is C24H28O12S2. The second-order valence-corrected chi connectivity index (χ2v) is 11.8. The van der Waals surface area contributed by atoms with Gasteiger partial charge in [-0.15, -0.1) is 0 Å². The number of esters is 2. The van der Waals surface area contributed by atoms with Crippen LogP contribution in [-0.4, -0.2) is 71.2 Å². The molecule has 0 bridgehead atoms. The summed E-state index contributed by atoms with van der Waals surface area (Å²) >= 11 is 0. The lowest BCUT2D eigenvalue weighted by Crippen LogP contribution is -2.62. The molecule has 38 heavy (non-hydrogen) atoms. The van der Waals surface area contributed by atoms with Crippen molar-refractivity contribution in [2.24, 2.45) is 0 Å². The number of aliphatic hydroxyl groups is 1. The number of ether oxygens (including phenoxy) is 3. The smallest absolute Gasteiger partial charge is 0.303 e. The van der Waals surface area contributed by atoms with Crippen LogP contribution in [-0.2, 0) is 52.4 Å². The molecule has 1 saturated heterocycles. The fourth-order valence-corrected chi connectivity index (χ4v) is 5.65. The van der Waals surface area contributed by atoms with Crippen molar-refractivity contribution in [3.05, 3.63) is 59.7 Å². The molecule has 5 atom stereocenters. The summed E-state index contributed by atoms with van der Waals surface area (Å²) in [5.41, 5.74) is 1.58. The lowest BCUT2D eigenvalue weighted by atomic mass is 9.99. The van der Waals surface area contributed by atoms with Gasteiger partial charge in [0.15, 0.2) is 18.5 Å². The summed E-state index contributed by atoms with van der Waals surface area (Å²) in [4.78, 5) is 23.1. The van der Waals surface area contributed by atoms with E-state index in [1.54, 1.807) is 26.0 Å². The van der Waals surface area contributed by atoms with Crippen LogP contribution >= 0.6 is 0 Å². The molecule has 2 aromatic carbocycles. The maximum atomic E-state index is 13.1. The van der Waals surface area contributed by atoms with E-state index in [1.165, 1.54) is 36.4 Å². The van der Waals surface area contributed by atoms with Gasteiger partial charge in [-0.25, -0.2) is 0 Å². The van der Waals surface area contributed by atoms with Crippen molar-refractivity contribution in [2.45, 2.75) is 68.2 Å². The quantitative estimate of drug-likeness (QED) is 0.339. The van der Waals surface area contributed by atoms with Crippen LogP contribution in [0.4, 0.5) is 0 Å². The average Bonchev–Trinajstić information content (AvgIpc) is 2.82. The van der Waals surface area contributed by atoms with E-state index in [0.717, 1.165) is 25.0 Å². The normalized spacial score (nSPS) is 24.0. The van der Waals surface area contributed by atoms with Crippen molar-refractivity contribution in [2.75, 3.05) is 6.61 Å². The van der Waals surface area contributed by atoms with Crippen LogP contribution in [0.5, 0.6) is 0 Å². The van der Waals surface area contributed by atoms with E-state index in [1.807, 2.05) is 0 Å². The predicted molar refractivity (Wildman–Crippen MR) is 130 cm³/mol. The van der Waals surface area contributed by atoms with Gasteiger partial charge < -0.3 is 19.3 Å². The molecule has 0 saturated carbocycles. The lowest BCUT2D eigenvalue weighted by molar-refractivity contribution is -0.287. The van der Waals surface area contributed by atoms with Crippen LogP contribution < -0.4 is 0 Å².